The van der Waals surface area contributed by atoms with Crippen LogP contribution in [0, 0.1) is 0 Å². The van der Waals surface area contributed by atoms with Gasteiger partial charge in [-0.3, -0.25) is 0 Å². The van der Waals surface area contributed by atoms with Gasteiger partial charge in [0.1, 0.15) is 11.5 Å². The molecule has 0 saturated carbocycles. The summed E-state index contributed by atoms with van der Waals surface area (Å²) >= 11 is 2.84. The maximum atomic E-state index is 11.1. The molecule has 208 valence electrons. The number of benzene rings is 2. The van der Waals surface area contributed by atoms with Gasteiger partial charge >= 0.3 is 35.6 Å². The number of halogens is 2. The summed E-state index contributed by atoms with van der Waals surface area (Å²) in [5, 5.41) is 22.1. The van der Waals surface area contributed by atoms with E-state index < -0.39 is 17.0 Å². The fourth-order valence-electron chi connectivity index (χ4n) is 3.75. The van der Waals surface area contributed by atoms with E-state index in [4.69, 9.17) is 18.6 Å². The van der Waals surface area contributed by atoms with E-state index in [1.165, 1.54) is 11.1 Å². The summed E-state index contributed by atoms with van der Waals surface area (Å²) in [4.78, 5) is 1.89. The van der Waals surface area contributed by atoms with Crippen LogP contribution in [0.5, 0.6) is 11.5 Å². The zero-order valence-electron chi connectivity index (χ0n) is 24.7. The fraction of sp³-hybridized carbons (Fsp3) is 0.600. The van der Waals surface area contributed by atoms with Crippen molar-refractivity contribution in [2.45, 2.75) is 115 Å². The number of hydrogen-bond acceptors (Lipinski definition) is 4. The van der Waals surface area contributed by atoms with Gasteiger partial charge in [0.2, 0.25) is 0 Å². The summed E-state index contributed by atoms with van der Waals surface area (Å²) in [5.74, 6) is 2.50. The minimum atomic E-state index is -0.556. The Kier molecular flexibility index (Phi) is 12.9. The molecule has 0 radical (unpaired) electrons. The minimum absolute atomic E-state index is 0.0142. The number of thioether (sulfide) groups is 2. The third-order valence-corrected chi connectivity index (χ3v) is 8.42. The van der Waals surface area contributed by atoms with Crippen LogP contribution in [0.1, 0.15) is 105 Å². The molecule has 0 unspecified atom stereocenters. The first-order valence-electron chi connectivity index (χ1n) is 12.6. The van der Waals surface area contributed by atoms with E-state index in [1.807, 2.05) is 0 Å². The van der Waals surface area contributed by atoms with Crippen LogP contribution in [0.3, 0.4) is 0 Å². The first-order valence-corrected chi connectivity index (χ1v) is 18.9. The molecule has 0 aliphatic rings. The zero-order chi connectivity index (χ0) is 29.0. The van der Waals surface area contributed by atoms with Crippen molar-refractivity contribution in [3.05, 3.63) is 46.5 Å². The number of hydrogen-bond donors (Lipinski definition) is 2. The van der Waals surface area contributed by atoms with E-state index in [1.54, 1.807) is 23.5 Å². The Bertz CT molecular complexity index is 960. The van der Waals surface area contributed by atoms with Gasteiger partial charge in [-0.15, -0.1) is 23.5 Å². The first-order chi connectivity index (χ1) is 16.6. The van der Waals surface area contributed by atoms with Gasteiger partial charge in [-0.05, 0) is 44.9 Å². The third-order valence-electron chi connectivity index (χ3n) is 6.10. The van der Waals surface area contributed by atoms with Crippen molar-refractivity contribution in [2.24, 2.45) is 0 Å². The fourth-order valence-corrected chi connectivity index (χ4v) is 5.77. The van der Waals surface area contributed by atoms with E-state index in [9.17, 15) is 10.2 Å². The maximum absolute atomic E-state index is 11.1. The average molecular weight is 622 g/mol. The standard InChI is InChI=1S/C30H46O2S2.2ClH.Ti/c1-27(2,3)19-15-21(29(7,8)9)25(31)23(17-19)33-13-14-34-24-18-20(28(4,5)6)16-22(26(24)32)30(10,11)12;;;/h15-18,31-32H,13-14H2,1-12H3;2*1H;/q;;;+2/p-2. The molecule has 0 aliphatic carbocycles. The van der Waals surface area contributed by atoms with E-state index in [2.05, 4.69) is 107 Å². The van der Waals surface area contributed by atoms with Gasteiger partial charge in [0.15, 0.2) is 0 Å². The third kappa shape index (κ3) is 10.5. The second kappa shape index (κ2) is 13.6. The SMILES string of the molecule is CC(C)(C)c1cc(SCCSc2cc(C(C)(C)C)cc(C(C)(C)C)c2O)c(O)c(C(C)(C)C)c1.[Cl][Ti][Cl]. The molecule has 0 aliphatic heterocycles. The molecule has 2 N–H and O–H groups in total. The van der Waals surface area contributed by atoms with Crippen LogP contribution >= 0.6 is 42.1 Å². The second-order valence-corrected chi connectivity index (χ2v) is 18.4. The molecular formula is C30H46Cl2O2S2Ti. The molecule has 0 saturated heterocycles. The van der Waals surface area contributed by atoms with Gasteiger partial charge in [0.25, 0.3) is 0 Å². The molecule has 0 atom stereocenters. The van der Waals surface area contributed by atoms with Crippen LogP contribution in [0.15, 0.2) is 34.1 Å². The van der Waals surface area contributed by atoms with Crippen molar-refractivity contribution < 1.29 is 27.2 Å². The summed E-state index contributed by atoms with van der Waals surface area (Å²) < 4.78 is 0. The van der Waals surface area contributed by atoms with Gasteiger partial charge < -0.3 is 10.2 Å². The van der Waals surface area contributed by atoms with Gasteiger partial charge in [-0.25, -0.2) is 0 Å². The van der Waals surface area contributed by atoms with Crippen molar-refractivity contribution in [1.29, 1.82) is 0 Å². The van der Waals surface area contributed by atoms with Crippen LogP contribution in [0.4, 0.5) is 0 Å². The Labute approximate surface area is 251 Å². The van der Waals surface area contributed by atoms with Crippen molar-refractivity contribution in [2.75, 3.05) is 11.5 Å². The molecule has 0 bridgehead atoms. The average Bonchev–Trinajstić information content (AvgIpc) is 2.70. The van der Waals surface area contributed by atoms with Gasteiger partial charge in [0, 0.05) is 32.4 Å². The van der Waals surface area contributed by atoms with E-state index >= 15 is 0 Å². The molecule has 2 nitrogen and oxygen atoms in total. The molecule has 2 aromatic carbocycles. The van der Waals surface area contributed by atoms with Crippen LogP contribution in [-0.4, -0.2) is 21.7 Å². The number of phenolic OH excluding ortho intramolecular Hbond substituents is 2. The molecule has 0 fully saturated rings. The Morgan fingerprint density at radius 3 is 1.05 bits per heavy atom. The summed E-state index contributed by atoms with van der Waals surface area (Å²) in [6, 6.07) is 8.63. The molecule has 2 rings (SSSR count). The van der Waals surface area contributed by atoms with Crippen molar-refractivity contribution in [1.82, 2.24) is 0 Å². The molecule has 0 aromatic heterocycles. The van der Waals surface area contributed by atoms with Crippen LogP contribution in [-0.2, 0) is 38.7 Å². The summed E-state index contributed by atoms with van der Waals surface area (Å²) in [5.41, 5.74) is 4.27. The van der Waals surface area contributed by atoms with Crippen molar-refractivity contribution in [3.8, 4) is 11.5 Å². The summed E-state index contributed by atoms with van der Waals surface area (Å²) in [7, 11) is 9.78. The first kappa shape index (κ1) is 35.1. The van der Waals surface area contributed by atoms with E-state index in [-0.39, 0.29) is 21.7 Å². The monoisotopic (exact) mass is 620 g/mol. The van der Waals surface area contributed by atoms with Gasteiger partial charge in [-0.1, -0.05) is 95.2 Å². The van der Waals surface area contributed by atoms with Gasteiger partial charge in [0.05, 0.1) is 0 Å². The second-order valence-electron chi connectivity index (χ2n) is 13.5. The van der Waals surface area contributed by atoms with Crippen LogP contribution < -0.4 is 0 Å². The Hall–Kier alpha value is 0.0343. The van der Waals surface area contributed by atoms with Crippen molar-refractivity contribution in [3.63, 3.8) is 0 Å². The summed E-state index contributed by atoms with van der Waals surface area (Å²) in [6.07, 6.45) is 0. The topological polar surface area (TPSA) is 40.5 Å². The molecule has 7 heteroatoms. The predicted octanol–water partition coefficient (Wildman–Crippen LogP) is 10.5. The molecular weight excluding hydrogens is 575 g/mol. The van der Waals surface area contributed by atoms with Crippen LogP contribution in [0.2, 0.25) is 0 Å². The summed E-state index contributed by atoms with van der Waals surface area (Å²) in [6.45, 7) is 26.2. The normalized spacial score (nSPS) is 12.7. The Morgan fingerprint density at radius 2 is 0.838 bits per heavy atom. The Morgan fingerprint density at radius 1 is 0.568 bits per heavy atom. The molecule has 37 heavy (non-hydrogen) atoms. The quantitative estimate of drug-likeness (QED) is 0.198. The van der Waals surface area contributed by atoms with Crippen molar-refractivity contribution >= 4 is 42.1 Å². The molecule has 2 aromatic rings. The van der Waals surface area contributed by atoms with Crippen LogP contribution in [0.25, 0.3) is 0 Å². The van der Waals surface area contributed by atoms with E-state index in [0.29, 0.717) is 11.5 Å². The number of phenols is 2. The van der Waals surface area contributed by atoms with E-state index in [0.717, 1.165) is 32.4 Å². The Balaban J connectivity index is 0.00000217. The number of aromatic hydroxyl groups is 2. The zero-order valence-corrected chi connectivity index (χ0v) is 29.4. The molecule has 0 heterocycles. The predicted molar refractivity (Wildman–Crippen MR) is 164 cm³/mol. The molecule has 0 spiro atoms. The van der Waals surface area contributed by atoms with Gasteiger partial charge in [-0.2, -0.15) is 0 Å². The number of rotatable bonds is 5. The molecule has 0 amide bonds.